The number of carbonyl (C=O) groups excluding carboxylic acids is 1. The third-order valence-electron chi connectivity index (χ3n) is 5.18. The zero-order chi connectivity index (χ0) is 16.1. The Kier molecular flexibility index (Phi) is 5.64. The Morgan fingerprint density at radius 3 is 2.74 bits per heavy atom. The van der Waals surface area contributed by atoms with E-state index in [1.165, 1.54) is 56.7 Å². The van der Waals surface area contributed by atoms with Crippen LogP contribution in [0.1, 0.15) is 43.5 Å². The molecule has 1 aliphatic carbocycles. The zero-order valence-electron chi connectivity index (χ0n) is 14.1. The SMILES string of the molecule is Cc1cc(CC(=O)NCC2(N3CCSCC3)CCCCC2)n[nH]1. The number of aryl methyl sites for hydroxylation is 1. The maximum atomic E-state index is 12.3. The molecule has 2 heterocycles. The average molecular weight is 337 g/mol. The maximum Gasteiger partial charge on any atom is 0.226 e. The summed E-state index contributed by atoms with van der Waals surface area (Å²) < 4.78 is 0. The van der Waals surface area contributed by atoms with Gasteiger partial charge in [0.25, 0.3) is 0 Å². The minimum absolute atomic E-state index is 0.0906. The number of hydrogen-bond acceptors (Lipinski definition) is 4. The molecule has 5 nitrogen and oxygen atoms in total. The Morgan fingerprint density at radius 1 is 1.35 bits per heavy atom. The Hall–Kier alpha value is -1.01. The van der Waals surface area contributed by atoms with Gasteiger partial charge in [-0.2, -0.15) is 16.9 Å². The first-order valence-electron chi connectivity index (χ1n) is 8.78. The number of H-pyrrole nitrogens is 1. The molecule has 2 fully saturated rings. The van der Waals surface area contributed by atoms with Crippen molar-refractivity contribution in [2.45, 2.75) is 51.0 Å². The molecule has 0 atom stereocenters. The highest BCUT2D eigenvalue weighted by Crippen LogP contribution is 2.34. The van der Waals surface area contributed by atoms with E-state index in [0.29, 0.717) is 6.42 Å². The topological polar surface area (TPSA) is 61.0 Å². The van der Waals surface area contributed by atoms with Gasteiger partial charge in [0.2, 0.25) is 5.91 Å². The van der Waals surface area contributed by atoms with Gasteiger partial charge < -0.3 is 5.32 Å². The quantitative estimate of drug-likeness (QED) is 0.865. The van der Waals surface area contributed by atoms with Crippen LogP contribution in [-0.2, 0) is 11.2 Å². The zero-order valence-corrected chi connectivity index (χ0v) is 14.9. The smallest absolute Gasteiger partial charge is 0.226 e. The van der Waals surface area contributed by atoms with E-state index in [-0.39, 0.29) is 11.4 Å². The fourth-order valence-corrected chi connectivity index (χ4v) is 4.81. The van der Waals surface area contributed by atoms with Gasteiger partial charge in [0.05, 0.1) is 12.1 Å². The van der Waals surface area contributed by atoms with Crippen molar-refractivity contribution >= 4 is 17.7 Å². The molecule has 1 amide bonds. The first kappa shape index (κ1) is 16.8. The molecule has 3 rings (SSSR count). The van der Waals surface area contributed by atoms with Gasteiger partial charge in [-0.15, -0.1) is 0 Å². The number of rotatable bonds is 5. The second kappa shape index (κ2) is 7.71. The van der Waals surface area contributed by atoms with E-state index < -0.39 is 0 Å². The van der Waals surface area contributed by atoms with E-state index in [9.17, 15) is 4.79 Å². The first-order chi connectivity index (χ1) is 11.2. The third-order valence-corrected chi connectivity index (χ3v) is 6.12. The number of nitrogens with one attached hydrogen (secondary N) is 2. The Balaban J connectivity index is 1.58. The lowest BCUT2D eigenvalue weighted by Gasteiger charge is -2.48. The van der Waals surface area contributed by atoms with Crippen LogP contribution in [0.15, 0.2) is 6.07 Å². The molecule has 0 radical (unpaired) electrons. The number of amides is 1. The van der Waals surface area contributed by atoms with Crippen LogP contribution < -0.4 is 5.32 Å². The molecule has 0 spiro atoms. The minimum atomic E-state index is 0.0906. The van der Waals surface area contributed by atoms with Crippen molar-refractivity contribution < 1.29 is 4.79 Å². The van der Waals surface area contributed by atoms with Gasteiger partial charge in [0, 0.05) is 42.4 Å². The van der Waals surface area contributed by atoms with Crippen LogP contribution in [0.3, 0.4) is 0 Å². The number of aromatic nitrogens is 2. The minimum Gasteiger partial charge on any atom is -0.354 e. The van der Waals surface area contributed by atoms with E-state index in [0.717, 1.165) is 17.9 Å². The van der Waals surface area contributed by atoms with Crippen LogP contribution >= 0.6 is 11.8 Å². The average Bonchev–Trinajstić information content (AvgIpc) is 2.99. The molecule has 23 heavy (non-hydrogen) atoms. The Bertz CT molecular complexity index is 518. The summed E-state index contributed by atoms with van der Waals surface area (Å²) in [6.45, 7) is 5.08. The third kappa shape index (κ3) is 4.29. The van der Waals surface area contributed by atoms with Crippen molar-refractivity contribution in [2.75, 3.05) is 31.1 Å². The van der Waals surface area contributed by atoms with Crippen LogP contribution in [0.5, 0.6) is 0 Å². The van der Waals surface area contributed by atoms with Crippen LogP contribution in [0.4, 0.5) is 0 Å². The lowest BCUT2D eigenvalue weighted by atomic mass is 9.80. The summed E-state index contributed by atoms with van der Waals surface area (Å²) >= 11 is 2.05. The fourth-order valence-electron chi connectivity index (χ4n) is 3.91. The molecule has 0 unspecified atom stereocenters. The van der Waals surface area contributed by atoms with Crippen molar-refractivity contribution in [3.63, 3.8) is 0 Å². The molecule has 128 valence electrons. The van der Waals surface area contributed by atoms with Gasteiger partial charge in [-0.1, -0.05) is 19.3 Å². The summed E-state index contributed by atoms with van der Waals surface area (Å²) in [6, 6.07) is 1.94. The van der Waals surface area contributed by atoms with Gasteiger partial charge in [-0.05, 0) is 25.8 Å². The van der Waals surface area contributed by atoms with Crippen molar-refractivity contribution in [3.8, 4) is 0 Å². The molecular formula is C17H28N4OS. The van der Waals surface area contributed by atoms with E-state index in [1.54, 1.807) is 0 Å². The van der Waals surface area contributed by atoms with Crippen molar-refractivity contribution in [3.05, 3.63) is 17.5 Å². The van der Waals surface area contributed by atoms with Crippen LogP contribution in [-0.4, -0.2) is 57.7 Å². The fraction of sp³-hybridized carbons (Fsp3) is 0.765. The van der Waals surface area contributed by atoms with Crippen molar-refractivity contribution in [2.24, 2.45) is 0 Å². The second-order valence-electron chi connectivity index (χ2n) is 6.88. The van der Waals surface area contributed by atoms with Gasteiger partial charge in [-0.25, -0.2) is 0 Å². The van der Waals surface area contributed by atoms with Crippen molar-refractivity contribution in [1.82, 2.24) is 20.4 Å². The lowest BCUT2D eigenvalue weighted by Crippen LogP contribution is -2.59. The Labute approximate surface area is 143 Å². The lowest BCUT2D eigenvalue weighted by molar-refractivity contribution is -0.121. The maximum absolute atomic E-state index is 12.3. The molecule has 0 bridgehead atoms. The molecule has 1 aromatic heterocycles. The van der Waals surface area contributed by atoms with Gasteiger partial charge in [-0.3, -0.25) is 14.8 Å². The summed E-state index contributed by atoms with van der Waals surface area (Å²) in [5, 5.41) is 10.3. The van der Waals surface area contributed by atoms with Gasteiger partial charge in [0.15, 0.2) is 0 Å². The van der Waals surface area contributed by atoms with Crippen LogP contribution in [0.25, 0.3) is 0 Å². The number of carbonyl (C=O) groups is 1. The number of hydrogen-bond donors (Lipinski definition) is 2. The largest absolute Gasteiger partial charge is 0.354 e. The normalized spacial score (nSPS) is 22.0. The first-order valence-corrected chi connectivity index (χ1v) is 9.94. The molecule has 1 saturated heterocycles. The highest BCUT2D eigenvalue weighted by atomic mass is 32.2. The summed E-state index contributed by atoms with van der Waals surface area (Å²) in [5.41, 5.74) is 2.02. The molecule has 6 heteroatoms. The second-order valence-corrected chi connectivity index (χ2v) is 8.10. The van der Waals surface area contributed by atoms with Crippen molar-refractivity contribution in [1.29, 1.82) is 0 Å². The predicted molar refractivity (Wildman–Crippen MR) is 94.8 cm³/mol. The highest BCUT2D eigenvalue weighted by molar-refractivity contribution is 7.99. The number of nitrogens with zero attached hydrogens (tertiary/aromatic N) is 2. The molecule has 2 N–H and O–H groups in total. The molecular weight excluding hydrogens is 308 g/mol. The molecule has 1 aliphatic heterocycles. The number of thioether (sulfide) groups is 1. The summed E-state index contributed by atoms with van der Waals surface area (Å²) in [7, 11) is 0. The van der Waals surface area contributed by atoms with Gasteiger partial charge in [0.1, 0.15) is 0 Å². The molecule has 2 aliphatic rings. The monoisotopic (exact) mass is 336 g/mol. The number of aromatic amines is 1. The van der Waals surface area contributed by atoms with E-state index in [1.807, 2.05) is 24.8 Å². The summed E-state index contributed by atoms with van der Waals surface area (Å²) in [6.07, 6.45) is 6.73. The van der Waals surface area contributed by atoms with E-state index in [4.69, 9.17) is 0 Å². The predicted octanol–water partition coefficient (Wildman–Crippen LogP) is 2.13. The summed E-state index contributed by atoms with van der Waals surface area (Å²) in [4.78, 5) is 15.0. The van der Waals surface area contributed by atoms with Crippen LogP contribution in [0, 0.1) is 6.92 Å². The van der Waals surface area contributed by atoms with Gasteiger partial charge >= 0.3 is 0 Å². The Morgan fingerprint density at radius 2 is 2.09 bits per heavy atom. The standard InChI is InChI=1S/C17H28N4OS/c1-14-11-15(20-19-14)12-16(22)18-13-17(5-3-2-4-6-17)21-7-9-23-10-8-21/h11H,2-10,12-13H2,1H3,(H,18,22)(H,19,20). The molecule has 0 aromatic carbocycles. The molecule has 1 aromatic rings. The van der Waals surface area contributed by atoms with E-state index >= 15 is 0 Å². The van der Waals surface area contributed by atoms with Crippen LogP contribution in [0.2, 0.25) is 0 Å². The van der Waals surface area contributed by atoms with E-state index in [2.05, 4.69) is 20.4 Å². The molecule has 1 saturated carbocycles. The summed E-state index contributed by atoms with van der Waals surface area (Å²) in [5.74, 6) is 2.54. The highest BCUT2D eigenvalue weighted by Gasteiger charge is 2.38.